The minimum atomic E-state index is -0.352. The van der Waals surface area contributed by atoms with E-state index in [0.717, 1.165) is 6.42 Å². The van der Waals surface area contributed by atoms with Gasteiger partial charge in [0.1, 0.15) is 5.82 Å². The van der Waals surface area contributed by atoms with E-state index in [4.69, 9.17) is 0 Å². The first kappa shape index (κ1) is 15.7. The molecule has 120 valence electrons. The highest BCUT2D eigenvalue weighted by molar-refractivity contribution is 7.07. The molecule has 1 N–H and O–H groups in total. The summed E-state index contributed by atoms with van der Waals surface area (Å²) in [4.78, 5) is 25.8. The number of anilines is 1. The van der Waals surface area contributed by atoms with Crippen LogP contribution in [0, 0.1) is 11.7 Å². The van der Waals surface area contributed by atoms with Gasteiger partial charge in [0.15, 0.2) is 0 Å². The van der Waals surface area contributed by atoms with Crippen LogP contribution < -0.4 is 10.2 Å². The zero-order valence-corrected chi connectivity index (χ0v) is 13.3. The molecule has 0 bridgehead atoms. The molecule has 1 aromatic heterocycles. The van der Waals surface area contributed by atoms with E-state index < -0.39 is 0 Å². The largest absolute Gasteiger partial charge is 0.355 e. The molecule has 2 heterocycles. The molecule has 0 saturated carbocycles. The second kappa shape index (κ2) is 6.91. The van der Waals surface area contributed by atoms with Gasteiger partial charge >= 0.3 is 0 Å². The quantitative estimate of drug-likeness (QED) is 0.915. The van der Waals surface area contributed by atoms with Crippen molar-refractivity contribution in [2.45, 2.75) is 12.8 Å². The monoisotopic (exact) mass is 332 g/mol. The molecule has 1 saturated heterocycles. The van der Waals surface area contributed by atoms with E-state index >= 15 is 0 Å². The van der Waals surface area contributed by atoms with Gasteiger partial charge in [0, 0.05) is 25.2 Å². The molecule has 0 unspecified atom stereocenters. The normalized spacial score (nSPS) is 17.5. The molecule has 1 fully saturated rings. The number of hydrogen-bond donors (Lipinski definition) is 1. The van der Waals surface area contributed by atoms with Crippen LogP contribution in [-0.4, -0.2) is 24.9 Å². The van der Waals surface area contributed by atoms with Gasteiger partial charge in [0.05, 0.1) is 5.92 Å². The molecule has 2 aromatic rings. The lowest BCUT2D eigenvalue weighted by Crippen LogP contribution is -2.34. The van der Waals surface area contributed by atoms with Gasteiger partial charge in [0.25, 0.3) is 0 Å². The molecule has 6 heteroatoms. The summed E-state index contributed by atoms with van der Waals surface area (Å²) in [6.07, 6.45) is 0.985. The summed E-state index contributed by atoms with van der Waals surface area (Å²) in [5, 5.41) is 6.96. The summed E-state index contributed by atoms with van der Waals surface area (Å²) in [6.45, 7) is 0.908. The standard InChI is InChI=1S/C17H17FN2O2S/c18-14-1-3-15(4-2-14)20-10-13(9-16(20)21)17(22)19-7-5-12-6-8-23-11-12/h1-4,6,8,11,13H,5,7,9-10H2,(H,19,22)/t13-/m0/s1. The van der Waals surface area contributed by atoms with Crippen molar-refractivity contribution in [2.24, 2.45) is 5.92 Å². The lowest BCUT2D eigenvalue weighted by atomic mass is 10.1. The molecule has 3 rings (SSSR count). The number of rotatable bonds is 5. The summed E-state index contributed by atoms with van der Waals surface area (Å²) >= 11 is 1.63. The number of thiophene rings is 1. The highest BCUT2D eigenvalue weighted by atomic mass is 32.1. The fourth-order valence-corrected chi connectivity index (χ4v) is 3.37. The van der Waals surface area contributed by atoms with E-state index in [2.05, 4.69) is 10.7 Å². The minimum absolute atomic E-state index is 0.0989. The van der Waals surface area contributed by atoms with Gasteiger partial charge in [-0.2, -0.15) is 11.3 Å². The Balaban J connectivity index is 1.54. The third-order valence-electron chi connectivity index (χ3n) is 3.93. The maximum absolute atomic E-state index is 13.0. The summed E-state index contributed by atoms with van der Waals surface area (Å²) in [6, 6.07) is 7.79. The Bertz CT molecular complexity index is 685. The summed E-state index contributed by atoms with van der Waals surface area (Å²) in [7, 11) is 0. The van der Waals surface area contributed by atoms with Crippen LogP contribution in [0.1, 0.15) is 12.0 Å². The fourth-order valence-electron chi connectivity index (χ4n) is 2.66. The molecule has 4 nitrogen and oxygen atoms in total. The number of nitrogens with one attached hydrogen (secondary N) is 1. The van der Waals surface area contributed by atoms with Crippen LogP contribution in [0.25, 0.3) is 0 Å². The molecule has 1 aliphatic heterocycles. The predicted octanol–water partition coefficient (Wildman–Crippen LogP) is 2.60. The van der Waals surface area contributed by atoms with Crippen LogP contribution in [0.5, 0.6) is 0 Å². The average Bonchev–Trinajstić information content (AvgIpc) is 3.18. The van der Waals surface area contributed by atoms with Crippen molar-refractivity contribution in [1.82, 2.24) is 5.32 Å². The van der Waals surface area contributed by atoms with E-state index in [1.165, 1.54) is 17.7 Å². The van der Waals surface area contributed by atoms with Gasteiger partial charge in [-0.3, -0.25) is 9.59 Å². The number of benzene rings is 1. The van der Waals surface area contributed by atoms with Crippen molar-refractivity contribution < 1.29 is 14.0 Å². The van der Waals surface area contributed by atoms with E-state index in [0.29, 0.717) is 18.8 Å². The highest BCUT2D eigenvalue weighted by Crippen LogP contribution is 2.25. The highest BCUT2D eigenvalue weighted by Gasteiger charge is 2.34. The van der Waals surface area contributed by atoms with Crippen molar-refractivity contribution >= 4 is 28.8 Å². The van der Waals surface area contributed by atoms with Gasteiger partial charge in [-0.1, -0.05) is 0 Å². The third kappa shape index (κ3) is 3.76. The summed E-state index contributed by atoms with van der Waals surface area (Å²) in [5.74, 6) is -0.897. The molecule has 1 atom stereocenters. The topological polar surface area (TPSA) is 49.4 Å². The first-order chi connectivity index (χ1) is 11.1. The Kier molecular flexibility index (Phi) is 4.71. The van der Waals surface area contributed by atoms with Crippen molar-refractivity contribution in [2.75, 3.05) is 18.0 Å². The van der Waals surface area contributed by atoms with E-state index in [-0.39, 0.29) is 30.0 Å². The van der Waals surface area contributed by atoms with Gasteiger partial charge in [-0.15, -0.1) is 0 Å². The number of halogens is 1. The molecule has 0 spiro atoms. The van der Waals surface area contributed by atoms with Gasteiger partial charge < -0.3 is 10.2 Å². The lowest BCUT2D eigenvalue weighted by molar-refractivity contribution is -0.126. The van der Waals surface area contributed by atoms with Crippen LogP contribution in [0.4, 0.5) is 10.1 Å². The van der Waals surface area contributed by atoms with E-state index in [9.17, 15) is 14.0 Å². The Morgan fingerprint density at radius 2 is 2.09 bits per heavy atom. The second-order valence-electron chi connectivity index (χ2n) is 5.55. The fraction of sp³-hybridized carbons (Fsp3) is 0.294. The third-order valence-corrected chi connectivity index (χ3v) is 4.66. The molecule has 2 amide bonds. The van der Waals surface area contributed by atoms with Crippen molar-refractivity contribution in [3.05, 3.63) is 52.5 Å². The Labute approximate surface area is 137 Å². The zero-order valence-electron chi connectivity index (χ0n) is 12.5. The Morgan fingerprint density at radius 1 is 1.30 bits per heavy atom. The summed E-state index contributed by atoms with van der Waals surface area (Å²) in [5.41, 5.74) is 1.83. The lowest BCUT2D eigenvalue weighted by Gasteiger charge is -2.16. The number of hydrogen-bond acceptors (Lipinski definition) is 3. The zero-order chi connectivity index (χ0) is 16.2. The summed E-state index contributed by atoms with van der Waals surface area (Å²) < 4.78 is 13.0. The van der Waals surface area contributed by atoms with Gasteiger partial charge in [-0.05, 0) is 53.1 Å². The average molecular weight is 332 g/mol. The number of carbonyl (C=O) groups is 2. The molecule has 1 aliphatic rings. The molecular formula is C17H17FN2O2S. The molecule has 1 aromatic carbocycles. The number of carbonyl (C=O) groups excluding carboxylic acids is 2. The van der Waals surface area contributed by atoms with Crippen molar-refractivity contribution in [1.29, 1.82) is 0 Å². The van der Waals surface area contributed by atoms with Crippen molar-refractivity contribution in [3.8, 4) is 0 Å². The van der Waals surface area contributed by atoms with Gasteiger partial charge in [0.2, 0.25) is 11.8 Å². The molecule has 0 radical (unpaired) electrons. The van der Waals surface area contributed by atoms with Gasteiger partial charge in [-0.25, -0.2) is 4.39 Å². The smallest absolute Gasteiger partial charge is 0.227 e. The van der Waals surface area contributed by atoms with E-state index in [1.54, 1.807) is 28.4 Å². The number of nitrogens with zero attached hydrogens (tertiary/aromatic N) is 1. The predicted molar refractivity (Wildman–Crippen MR) is 87.9 cm³/mol. The number of amides is 2. The van der Waals surface area contributed by atoms with Crippen molar-refractivity contribution in [3.63, 3.8) is 0 Å². The van der Waals surface area contributed by atoms with Crippen LogP contribution in [0.15, 0.2) is 41.1 Å². The van der Waals surface area contributed by atoms with Crippen LogP contribution in [0.2, 0.25) is 0 Å². The Hall–Kier alpha value is -2.21. The second-order valence-corrected chi connectivity index (χ2v) is 6.33. The molecule has 23 heavy (non-hydrogen) atoms. The molecular weight excluding hydrogens is 315 g/mol. The maximum atomic E-state index is 13.0. The minimum Gasteiger partial charge on any atom is -0.355 e. The first-order valence-corrected chi connectivity index (χ1v) is 8.42. The van der Waals surface area contributed by atoms with Crippen LogP contribution in [-0.2, 0) is 16.0 Å². The van der Waals surface area contributed by atoms with E-state index in [1.807, 2.05) is 11.4 Å². The first-order valence-electron chi connectivity index (χ1n) is 7.48. The van der Waals surface area contributed by atoms with Crippen LogP contribution in [0.3, 0.4) is 0 Å². The maximum Gasteiger partial charge on any atom is 0.227 e. The van der Waals surface area contributed by atoms with Crippen LogP contribution >= 0.6 is 11.3 Å². The Morgan fingerprint density at radius 3 is 2.78 bits per heavy atom. The SMILES string of the molecule is O=C(NCCc1ccsc1)[C@H]1CC(=O)N(c2ccc(F)cc2)C1. The molecule has 0 aliphatic carbocycles.